The van der Waals surface area contributed by atoms with Gasteiger partial charge in [-0.1, -0.05) is 0 Å². The van der Waals surface area contributed by atoms with Gasteiger partial charge in [0.05, 0.1) is 5.69 Å². The zero-order chi connectivity index (χ0) is 12.1. The summed E-state index contributed by atoms with van der Waals surface area (Å²) in [7, 11) is 1.64. The Bertz CT molecular complexity index is 471. The van der Waals surface area contributed by atoms with Crippen LogP contribution < -0.4 is 10.2 Å². The Kier molecular flexibility index (Phi) is 2.15. The number of carbonyl (C=O) groups is 1. The number of anilines is 2. The van der Waals surface area contributed by atoms with Crippen molar-refractivity contribution in [3.8, 4) is 0 Å². The normalized spacial score (nSPS) is 18.1. The van der Waals surface area contributed by atoms with Crippen LogP contribution in [-0.2, 0) is 4.79 Å². The summed E-state index contributed by atoms with van der Waals surface area (Å²) in [5.41, 5.74) is -0.442. The van der Waals surface area contributed by atoms with Crippen LogP contribution in [0.25, 0.3) is 0 Å². The van der Waals surface area contributed by atoms with Gasteiger partial charge < -0.3 is 10.2 Å². The summed E-state index contributed by atoms with van der Waals surface area (Å²) in [6.07, 6.45) is 0. The first-order chi connectivity index (χ1) is 7.34. The molecule has 0 radical (unpaired) electrons. The van der Waals surface area contributed by atoms with Crippen LogP contribution in [0.5, 0.6) is 0 Å². The number of benzene rings is 1. The monoisotopic (exact) mass is 226 g/mol. The van der Waals surface area contributed by atoms with Gasteiger partial charge in [0, 0.05) is 13.1 Å². The second-order valence-corrected chi connectivity index (χ2v) is 4.35. The van der Waals surface area contributed by atoms with Crippen LogP contribution in [0.2, 0.25) is 0 Å². The second kappa shape index (κ2) is 3.17. The first-order valence-corrected chi connectivity index (χ1v) is 4.88. The third kappa shape index (κ3) is 1.35. The lowest BCUT2D eigenvalue weighted by atomic mass is 9.97. The minimum absolute atomic E-state index is 0.0354. The van der Waals surface area contributed by atoms with Crippen molar-refractivity contribution in [2.45, 2.75) is 19.4 Å². The summed E-state index contributed by atoms with van der Waals surface area (Å²) in [4.78, 5) is 13.3. The standard InChI is InChI=1S/C11H12F2N2O/c1-11(2)10(16)14-9-7(13)4-6(12)5-8(9)15(11)3/h4-5H,1-3H3,(H,14,16). The predicted molar refractivity (Wildman–Crippen MR) is 57.5 cm³/mol. The maximum atomic E-state index is 13.4. The van der Waals surface area contributed by atoms with Crippen LogP contribution >= 0.6 is 0 Å². The summed E-state index contributed by atoms with van der Waals surface area (Å²) in [5, 5.41) is 2.45. The highest BCUT2D eigenvalue weighted by Crippen LogP contribution is 2.37. The number of likely N-dealkylation sites (N-methyl/N-ethyl adjacent to an activating group) is 1. The van der Waals surface area contributed by atoms with Crippen molar-refractivity contribution in [3.63, 3.8) is 0 Å². The fourth-order valence-corrected chi connectivity index (χ4v) is 1.67. The molecule has 1 amide bonds. The lowest BCUT2D eigenvalue weighted by Crippen LogP contribution is -2.54. The Hall–Kier alpha value is -1.65. The smallest absolute Gasteiger partial charge is 0.249 e. The summed E-state index contributed by atoms with van der Waals surface area (Å²) in [6.45, 7) is 3.38. The van der Waals surface area contributed by atoms with E-state index in [1.54, 1.807) is 25.8 Å². The molecule has 1 aliphatic heterocycles. The zero-order valence-corrected chi connectivity index (χ0v) is 9.27. The molecule has 0 saturated heterocycles. The molecule has 5 heteroatoms. The average molecular weight is 226 g/mol. The molecule has 0 bridgehead atoms. The van der Waals surface area contributed by atoms with Crippen molar-refractivity contribution in [1.29, 1.82) is 0 Å². The van der Waals surface area contributed by atoms with Crippen LogP contribution in [0.15, 0.2) is 12.1 Å². The molecular weight excluding hydrogens is 214 g/mol. The molecule has 0 atom stereocenters. The maximum absolute atomic E-state index is 13.4. The van der Waals surface area contributed by atoms with E-state index < -0.39 is 17.2 Å². The van der Waals surface area contributed by atoms with Gasteiger partial charge in [-0.05, 0) is 19.9 Å². The Morgan fingerprint density at radius 2 is 1.94 bits per heavy atom. The lowest BCUT2D eigenvalue weighted by molar-refractivity contribution is -0.120. The molecule has 86 valence electrons. The first kappa shape index (κ1) is 10.9. The molecule has 0 unspecified atom stereocenters. The van der Waals surface area contributed by atoms with Gasteiger partial charge in [0.2, 0.25) is 5.91 Å². The van der Waals surface area contributed by atoms with Crippen LogP contribution in [0, 0.1) is 11.6 Å². The third-order valence-corrected chi connectivity index (χ3v) is 3.03. The maximum Gasteiger partial charge on any atom is 0.249 e. The highest BCUT2D eigenvalue weighted by Gasteiger charge is 2.39. The van der Waals surface area contributed by atoms with Gasteiger partial charge >= 0.3 is 0 Å². The number of rotatable bonds is 0. The van der Waals surface area contributed by atoms with E-state index in [9.17, 15) is 13.6 Å². The number of carbonyl (C=O) groups excluding carboxylic acids is 1. The van der Waals surface area contributed by atoms with Crippen LogP contribution in [0.1, 0.15) is 13.8 Å². The predicted octanol–water partition coefficient (Wildman–Crippen LogP) is 2.13. The number of fused-ring (bicyclic) bond motifs is 1. The molecule has 16 heavy (non-hydrogen) atoms. The van der Waals surface area contributed by atoms with E-state index in [1.165, 1.54) is 6.07 Å². The summed E-state index contributed by atoms with van der Waals surface area (Å²) in [6, 6.07) is 1.96. The van der Waals surface area contributed by atoms with Gasteiger partial charge in [0.1, 0.15) is 17.0 Å². The quantitative estimate of drug-likeness (QED) is 0.735. The van der Waals surface area contributed by atoms with Crippen molar-refractivity contribution in [2.75, 3.05) is 17.3 Å². The minimum atomic E-state index is -0.826. The number of nitrogens with zero attached hydrogens (tertiary/aromatic N) is 1. The van der Waals surface area contributed by atoms with Crippen molar-refractivity contribution in [2.24, 2.45) is 0 Å². The molecule has 1 aliphatic rings. The van der Waals surface area contributed by atoms with Gasteiger partial charge in [0.25, 0.3) is 0 Å². The van der Waals surface area contributed by atoms with Gasteiger partial charge in [-0.25, -0.2) is 8.78 Å². The first-order valence-electron chi connectivity index (χ1n) is 4.88. The van der Waals surface area contributed by atoms with Gasteiger partial charge in [-0.2, -0.15) is 0 Å². The molecule has 0 fully saturated rings. The Morgan fingerprint density at radius 1 is 1.31 bits per heavy atom. The van der Waals surface area contributed by atoms with Gasteiger partial charge in [0.15, 0.2) is 5.82 Å². The van der Waals surface area contributed by atoms with Crippen molar-refractivity contribution in [3.05, 3.63) is 23.8 Å². The van der Waals surface area contributed by atoms with E-state index in [1.807, 2.05) is 0 Å². The molecule has 0 aromatic heterocycles. The summed E-state index contributed by atoms with van der Waals surface area (Å²) < 4.78 is 26.5. The SMILES string of the molecule is CN1c2cc(F)cc(F)c2NC(=O)C1(C)C. The van der Waals surface area contributed by atoms with E-state index in [0.717, 1.165) is 6.07 Å². The van der Waals surface area contributed by atoms with E-state index >= 15 is 0 Å². The van der Waals surface area contributed by atoms with Crippen LogP contribution in [0.4, 0.5) is 20.2 Å². The van der Waals surface area contributed by atoms with E-state index in [-0.39, 0.29) is 11.6 Å². The largest absolute Gasteiger partial charge is 0.359 e. The number of hydrogen-bond donors (Lipinski definition) is 1. The molecule has 2 rings (SSSR count). The zero-order valence-electron chi connectivity index (χ0n) is 9.27. The third-order valence-electron chi connectivity index (χ3n) is 3.03. The van der Waals surface area contributed by atoms with Gasteiger partial charge in [-0.15, -0.1) is 0 Å². The lowest BCUT2D eigenvalue weighted by Gasteiger charge is -2.41. The van der Waals surface area contributed by atoms with E-state index in [2.05, 4.69) is 5.32 Å². The number of hydrogen-bond acceptors (Lipinski definition) is 2. The number of nitrogens with one attached hydrogen (secondary N) is 1. The molecule has 1 aromatic carbocycles. The fourth-order valence-electron chi connectivity index (χ4n) is 1.67. The highest BCUT2D eigenvalue weighted by atomic mass is 19.1. The molecule has 1 heterocycles. The molecule has 0 spiro atoms. The molecule has 0 aliphatic carbocycles. The van der Waals surface area contributed by atoms with Crippen molar-refractivity contribution >= 4 is 17.3 Å². The topological polar surface area (TPSA) is 32.3 Å². The Balaban J connectivity index is 2.64. The van der Waals surface area contributed by atoms with E-state index in [0.29, 0.717) is 5.69 Å². The Labute approximate surface area is 92.1 Å². The highest BCUT2D eigenvalue weighted by molar-refractivity contribution is 6.06. The molecule has 1 N–H and O–H groups in total. The van der Waals surface area contributed by atoms with Crippen LogP contribution in [-0.4, -0.2) is 18.5 Å². The minimum Gasteiger partial charge on any atom is -0.359 e. The molecular formula is C11H12F2N2O. The molecule has 0 saturated carbocycles. The van der Waals surface area contributed by atoms with E-state index in [4.69, 9.17) is 0 Å². The van der Waals surface area contributed by atoms with Crippen LogP contribution in [0.3, 0.4) is 0 Å². The summed E-state index contributed by atoms with van der Waals surface area (Å²) >= 11 is 0. The number of amides is 1. The molecule has 1 aromatic rings. The molecule has 3 nitrogen and oxygen atoms in total. The second-order valence-electron chi connectivity index (χ2n) is 4.35. The fraction of sp³-hybridized carbons (Fsp3) is 0.364. The van der Waals surface area contributed by atoms with Crippen molar-refractivity contribution in [1.82, 2.24) is 0 Å². The van der Waals surface area contributed by atoms with Gasteiger partial charge in [-0.3, -0.25) is 4.79 Å². The van der Waals surface area contributed by atoms with Crippen molar-refractivity contribution < 1.29 is 13.6 Å². The summed E-state index contributed by atoms with van der Waals surface area (Å²) in [5.74, 6) is -1.73. The Morgan fingerprint density at radius 3 is 2.56 bits per heavy atom. The number of halogens is 2. The average Bonchev–Trinajstić information content (AvgIpc) is 2.18.